The van der Waals surface area contributed by atoms with Crippen molar-refractivity contribution >= 4 is 40.0 Å². The zero-order valence-electron chi connectivity index (χ0n) is 18.5. The monoisotopic (exact) mass is 452 g/mol. The van der Waals surface area contributed by atoms with Gasteiger partial charge in [-0.15, -0.1) is 11.3 Å². The maximum atomic E-state index is 13.4. The molecule has 0 radical (unpaired) electrons. The lowest BCUT2D eigenvalue weighted by Crippen LogP contribution is -2.35. The summed E-state index contributed by atoms with van der Waals surface area (Å²) in [4.78, 5) is 34.1. The van der Waals surface area contributed by atoms with Gasteiger partial charge in [-0.3, -0.25) is 9.59 Å². The van der Waals surface area contributed by atoms with Crippen molar-refractivity contribution < 1.29 is 14.1 Å². The van der Waals surface area contributed by atoms with Gasteiger partial charge in [0.15, 0.2) is 11.5 Å². The zero-order valence-corrected chi connectivity index (χ0v) is 19.4. The summed E-state index contributed by atoms with van der Waals surface area (Å²) in [5, 5.41) is 11.5. The predicted octanol–water partition coefficient (Wildman–Crippen LogP) is 4.06. The van der Waals surface area contributed by atoms with Crippen LogP contribution in [0.15, 0.2) is 35.0 Å². The number of aromatic nitrogens is 4. The van der Waals surface area contributed by atoms with Crippen LogP contribution in [0.1, 0.15) is 40.9 Å². The molecule has 0 aliphatic heterocycles. The Morgan fingerprint density at radius 2 is 2.03 bits per heavy atom. The number of pyridine rings is 1. The molecule has 0 aliphatic rings. The average Bonchev–Trinajstić information content (AvgIpc) is 3.46. The van der Waals surface area contributed by atoms with E-state index in [1.165, 1.54) is 4.90 Å². The largest absolute Gasteiger partial charge is 0.360 e. The lowest BCUT2D eigenvalue weighted by Gasteiger charge is -2.17. The number of hydrogen-bond donors (Lipinski definition) is 1. The summed E-state index contributed by atoms with van der Waals surface area (Å²) in [5.41, 5.74) is 1.80. The van der Waals surface area contributed by atoms with Crippen LogP contribution in [0.25, 0.3) is 21.6 Å². The Balaban J connectivity index is 1.67. The van der Waals surface area contributed by atoms with E-state index in [9.17, 15) is 9.59 Å². The molecule has 9 nitrogen and oxygen atoms in total. The molecule has 32 heavy (non-hydrogen) atoms. The third kappa shape index (κ3) is 4.26. The van der Waals surface area contributed by atoms with Gasteiger partial charge in [-0.25, -0.2) is 9.67 Å². The quantitative estimate of drug-likeness (QED) is 0.473. The lowest BCUT2D eigenvalue weighted by atomic mass is 10.1. The zero-order chi connectivity index (χ0) is 23.0. The summed E-state index contributed by atoms with van der Waals surface area (Å²) < 4.78 is 6.75. The number of amides is 2. The van der Waals surface area contributed by atoms with Crippen molar-refractivity contribution in [3.05, 3.63) is 46.7 Å². The molecule has 1 N–H and O–H groups in total. The van der Waals surface area contributed by atoms with Gasteiger partial charge in [0.1, 0.15) is 5.76 Å². The minimum absolute atomic E-state index is 0.0812. The Hall–Kier alpha value is -3.53. The van der Waals surface area contributed by atoms with E-state index < -0.39 is 0 Å². The number of rotatable bonds is 6. The molecule has 0 aliphatic carbocycles. The maximum Gasteiger partial charge on any atom is 0.254 e. The van der Waals surface area contributed by atoms with Crippen LogP contribution >= 0.6 is 11.3 Å². The Morgan fingerprint density at radius 1 is 1.25 bits per heavy atom. The average molecular weight is 453 g/mol. The van der Waals surface area contributed by atoms with Crippen LogP contribution in [0.2, 0.25) is 0 Å². The van der Waals surface area contributed by atoms with Crippen LogP contribution in [0.3, 0.4) is 0 Å². The van der Waals surface area contributed by atoms with Gasteiger partial charge in [-0.05, 0) is 45.9 Å². The van der Waals surface area contributed by atoms with Gasteiger partial charge in [0.2, 0.25) is 5.91 Å². The van der Waals surface area contributed by atoms with Crippen molar-refractivity contribution in [1.82, 2.24) is 24.8 Å². The van der Waals surface area contributed by atoms with Gasteiger partial charge < -0.3 is 14.7 Å². The van der Waals surface area contributed by atoms with Crippen molar-refractivity contribution in [1.29, 1.82) is 0 Å². The molecule has 0 saturated heterocycles. The van der Waals surface area contributed by atoms with E-state index in [1.54, 1.807) is 48.3 Å². The van der Waals surface area contributed by atoms with Crippen LogP contribution in [0.4, 0.5) is 5.82 Å². The van der Waals surface area contributed by atoms with Crippen molar-refractivity contribution in [2.24, 2.45) is 0 Å². The molecule has 166 valence electrons. The fourth-order valence-corrected chi connectivity index (χ4v) is 4.20. The molecule has 0 bridgehead atoms. The highest BCUT2D eigenvalue weighted by Gasteiger charge is 2.23. The molecular formula is C22H24N6O3S. The normalized spacial score (nSPS) is 11.3. The summed E-state index contributed by atoms with van der Waals surface area (Å²) in [6.45, 7) is 7.65. The van der Waals surface area contributed by atoms with Crippen LogP contribution < -0.4 is 5.32 Å². The summed E-state index contributed by atoms with van der Waals surface area (Å²) in [5.74, 6) is 0.240. The standard InChI is InChI=1S/C22H24N6O3S/c1-12(2)28-21-16(10-23-28)15(9-17(24-21)18-7-6-14(4)32-18)22(30)27(5)11-20(29)25-19-8-13(3)31-26-19/h6-10,12H,11H2,1-5H3,(H,25,26,29). The molecule has 0 fully saturated rings. The van der Waals surface area contributed by atoms with Gasteiger partial charge >= 0.3 is 0 Å². The van der Waals surface area contributed by atoms with E-state index in [0.717, 1.165) is 9.75 Å². The van der Waals surface area contributed by atoms with Gasteiger partial charge in [0.05, 0.1) is 34.3 Å². The second kappa shape index (κ2) is 8.54. The van der Waals surface area contributed by atoms with Crippen molar-refractivity contribution in [3.63, 3.8) is 0 Å². The highest BCUT2D eigenvalue weighted by atomic mass is 32.1. The number of anilines is 1. The van der Waals surface area contributed by atoms with Crippen LogP contribution in [0.5, 0.6) is 0 Å². The molecule has 4 heterocycles. The van der Waals surface area contributed by atoms with Gasteiger partial charge in [0, 0.05) is 24.0 Å². The van der Waals surface area contributed by atoms with Gasteiger partial charge in [-0.1, -0.05) is 5.16 Å². The van der Waals surface area contributed by atoms with Gasteiger partial charge in [0.25, 0.3) is 5.91 Å². The fraction of sp³-hybridized carbons (Fsp3) is 0.318. The minimum Gasteiger partial charge on any atom is -0.360 e. The number of likely N-dealkylation sites (N-methyl/N-ethyl adjacent to an activating group) is 1. The SMILES string of the molecule is Cc1cc(NC(=O)CN(C)C(=O)c2cc(-c3ccc(C)s3)nc3c2cnn3C(C)C)no1. The number of fused-ring (bicyclic) bond motifs is 1. The molecule has 0 atom stereocenters. The van der Waals surface area contributed by atoms with E-state index in [1.807, 2.05) is 32.9 Å². The summed E-state index contributed by atoms with van der Waals surface area (Å²) >= 11 is 1.61. The first-order valence-corrected chi connectivity index (χ1v) is 11.0. The Labute approximate surface area is 189 Å². The molecular weight excluding hydrogens is 428 g/mol. The fourth-order valence-electron chi connectivity index (χ4n) is 3.37. The molecule has 2 amide bonds. The number of carbonyl (C=O) groups is 2. The molecule has 0 spiro atoms. The molecule has 4 rings (SSSR count). The number of hydrogen-bond acceptors (Lipinski definition) is 7. The third-order valence-corrected chi connectivity index (χ3v) is 5.93. The molecule has 0 unspecified atom stereocenters. The number of nitrogens with zero attached hydrogens (tertiary/aromatic N) is 5. The van der Waals surface area contributed by atoms with E-state index in [0.29, 0.717) is 33.9 Å². The first-order chi connectivity index (χ1) is 15.2. The smallest absolute Gasteiger partial charge is 0.254 e. The van der Waals surface area contributed by atoms with E-state index in [2.05, 4.69) is 15.6 Å². The predicted molar refractivity (Wildman–Crippen MR) is 123 cm³/mol. The number of aryl methyl sites for hydroxylation is 2. The van der Waals surface area contributed by atoms with Crippen LogP contribution in [0, 0.1) is 13.8 Å². The molecule has 10 heteroatoms. The summed E-state index contributed by atoms with van der Waals surface area (Å²) in [6.07, 6.45) is 1.66. The second-order valence-corrected chi connectivity index (χ2v) is 9.21. The third-order valence-electron chi connectivity index (χ3n) is 4.90. The van der Waals surface area contributed by atoms with E-state index in [-0.39, 0.29) is 24.4 Å². The summed E-state index contributed by atoms with van der Waals surface area (Å²) in [7, 11) is 1.59. The van der Waals surface area contributed by atoms with Crippen molar-refractivity contribution in [3.8, 4) is 10.6 Å². The highest BCUT2D eigenvalue weighted by Crippen LogP contribution is 2.31. The van der Waals surface area contributed by atoms with Gasteiger partial charge in [-0.2, -0.15) is 5.10 Å². The molecule has 4 aromatic heterocycles. The topological polar surface area (TPSA) is 106 Å². The Kier molecular flexibility index (Phi) is 5.79. The number of carbonyl (C=O) groups excluding carboxylic acids is 2. The number of nitrogens with one attached hydrogen (secondary N) is 1. The highest BCUT2D eigenvalue weighted by molar-refractivity contribution is 7.15. The number of thiophene rings is 1. The lowest BCUT2D eigenvalue weighted by molar-refractivity contribution is -0.116. The van der Waals surface area contributed by atoms with E-state index >= 15 is 0 Å². The van der Waals surface area contributed by atoms with Crippen molar-refractivity contribution in [2.45, 2.75) is 33.7 Å². The second-order valence-electron chi connectivity index (χ2n) is 7.92. The maximum absolute atomic E-state index is 13.4. The van der Waals surface area contributed by atoms with E-state index in [4.69, 9.17) is 9.51 Å². The van der Waals surface area contributed by atoms with Crippen molar-refractivity contribution in [2.75, 3.05) is 18.9 Å². The Bertz CT molecular complexity index is 1300. The molecule has 0 aromatic carbocycles. The minimum atomic E-state index is -0.369. The first-order valence-electron chi connectivity index (χ1n) is 10.2. The first kappa shape index (κ1) is 21.7. The molecule has 0 saturated carbocycles. The van der Waals surface area contributed by atoms with Crippen LogP contribution in [-0.4, -0.2) is 50.2 Å². The van der Waals surface area contributed by atoms with Crippen LogP contribution in [-0.2, 0) is 4.79 Å². The summed E-state index contributed by atoms with van der Waals surface area (Å²) in [6, 6.07) is 7.49. The molecule has 4 aromatic rings. The Morgan fingerprint density at radius 3 is 2.66 bits per heavy atom.